The van der Waals surface area contributed by atoms with Crippen molar-refractivity contribution in [1.29, 1.82) is 0 Å². The maximum Gasteiger partial charge on any atom is 0.241 e. The molecule has 0 saturated carbocycles. The Labute approximate surface area is 152 Å². The summed E-state index contributed by atoms with van der Waals surface area (Å²) in [5, 5.41) is 17.6. The summed E-state index contributed by atoms with van der Waals surface area (Å²) in [7, 11) is 0. The number of nitrogens with zero attached hydrogens (tertiary/aromatic N) is 3. The standard InChI is InChI=1S/C19H24N4O3/c1-13-8-15(21-20-13)9-14-10-22(11-17(14)24)12-19(25)23-6-7-26-18-5-3-2-4-16(18)23/h2-5,8,14,17,24H,6-7,9-12H2,1H3,(H,20,21)/t14-,17+/m1/s1. The number of aromatic amines is 1. The Balaban J connectivity index is 1.38. The van der Waals surface area contributed by atoms with Crippen LogP contribution in [0.15, 0.2) is 30.3 Å². The molecule has 0 radical (unpaired) electrons. The van der Waals surface area contributed by atoms with Crippen molar-refractivity contribution in [3.05, 3.63) is 41.7 Å². The number of hydrogen-bond acceptors (Lipinski definition) is 5. The molecule has 3 heterocycles. The van der Waals surface area contributed by atoms with Crippen molar-refractivity contribution in [3.8, 4) is 5.75 Å². The number of para-hydroxylation sites is 2. The highest BCUT2D eigenvalue weighted by Gasteiger charge is 2.34. The summed E-state index contributed by atoms with van der Waals surface area (Å²) in [6.45, 7) is 4.56. The molecule has 26 heavy (non-hydrogen) atoms. The second kappa shape index (κ2) is 7.09. The van der Waals surface area contributed by atoms with E-state index >= 15 is 0 Å². The van der Waals surface area contributed by atoms with Crippen molar-refractivity contribution in [1.82, 2.24) is 15.1 Å². The molecule has 7 heteroatoms. The van der Waals surface area contributed by atoms with Crippen molar-refractivity contribution in [3.63, 3.8) is 0 Å². The van der Waals surface area contributed by atoms with Crippen molar-refractivity contribution in [2.24, 2.45) is 5.92 Å². The van der Waals surface area contributed by atoms with Crippen molar-refractivity contribution < 1.29 is 14.6 Å². The zero-order chi connectivity index (χ0) is 18.1. The highest BCUT2D eigenvalue weighted by Crippen LogP contribution is 2.31. The van der Waals surface area contributed by atoms with Crippen molar-refractivity contribution in [2.45, 2.75) is 19.4 Å². The maximum absolute atomic E-state index is 12.8. The summed E-state index contributed by atoms with van der Waals surface area (Å²) in [6, 6.07) is 9.62. The number of aromatic nitrogens is 2. The number of H-pyrrole nitrogens is 1. The van der Waals surface area contributed by atoms with Crippen LogP contribution in [0.2, 0.25) is 0 Å². The van der Waals surface area contributed by atoms with E-state index in [1.165, 1.54) is 0 Å². The van der Waals surface area contributed by atoms with Crippen LogP contribution in [0.1, 0.15) is 11.4 Å². The molecule has 0 aliphatic carbocycles. The first-order valence-electron chi connectivity index (χ1n) is 9.03. The molecule has 0 unspecified atom stereocenters. The van der Waals surface area contributed by atoms with Crippen molar-refractivity contribution in [2.75, 3.05) is 37.7 Å². The fourth-order valence-electron chi connectivity index (χ4n) is 3.82. The summed E-state index contributed by atoms with van der Waals surface area (Å²) in [4.78, 5) is 16.6. The van der Waals surface area contributed by atoms with Gasteiger partial charge in [-0.3, -0.25) is 14.8 Å². The zero-order valence-electron chi connectivity index (χ0n) is 14.9. The van der Waals surface area contributed by atoms with Gasteiger partial charge in [-0.15, -0.1) is 0 Å². The number of aliphatic hydroxyl groups is 1. The molecule has 1 fully saturated rings. The van der Waals surface area contributed by atoms with Gasteiger partial charge in [-0.2, -0.15) is 5.10 Å². The third-order valence-electron chi connectivity index (χ3n) is 5.10. The van der Waals surface area contributed by atoms with Gasteiger partial charge < -0.3 is 14.7 Å². The first kappa shape index (κ1) is 17.1. The lowest BCUT2D eigenvalue weighted by Crippen LogP contribution is -2.43. The minimum absolute atomic E-state index is 0.0456. The zero-order valence-corrected chi connectivity index (χ0v) is 14.9. The van der Waals surface area contributed by atoms with Gasteiger partial charge in [0.2, 0.25) is 5.91 Å². The largest absolute Gasteiger partial charge is 0.490 e. The number of fused-ring (bicyclic) bond motifs is 1. The second-order valence-corrected chi connectivity index (χ2v) is 7.13. The number of rotatable bonds is 4. The molecule has 7 nitrogen and oxygen atoms in total. The first-order valence-corrected chi connectivity index (χ1v) is 9.03. The first-order chi connectivity index (χ1) is 12.6. The molecule has 1 aromatic carbocycles. The molecule has 4 rings (SSSR count). The fourth-order valence-corrected chi connectivity index (χ4v) is 3.82. The number of anilines is 1. The number of likely N-dealkylation sites (tertiary alicyclic amines) is 1. The minimum atomic E-state index is -0.434. The average molecular weight is 356 g/mol. The Morgan fingerprint density at radius 1 is 1.38 bits per heavy atom. The molecule has 1 aromatic heterocycles. The van der Waals surface area contributed by atoms with Crippen LogP contribution in [-0.4, -0.2) is 65.0 Å². The van der Waals surface area contributed by atoms with Crippen LogP contribution in [0.3, 0.4) is 0 Å². The topological polar surface area (TPSA) is 81.7 Å². The Morgan fingerprint density at radius 2 is 2.23 bits per heavy atom. The number of β-amino-alcohol motifs (C(OH)–C–C–N with tert-alkyl or cyclic N) is 1. The third-order valence-corrected chi connectivity index (χ3v) is 5.10. The van der Waals surface area contributed by atoms with Crippen molar-refractivity contribution >= 4 is 11.6 Å². The molecule has 0 bridgehead atoms. The van der Waals surface area contributed by atoms with Gasteiger partial charge in [0.05, 0.1) is 30.6 Å². The Hall–Kier alpha value is -2.38. The van der Waals surface area contributed by atoms with E-state index in [1.54, 1.807) is 4.90 Å². The highest BCUT2D eigenvalue weighted by atomic mass is 16.5. The lowest BCUT2D eigenvalue weighted by Gasteiger charge is -2.30. The maximum atomic E-state index is 12.8. The number of carbonyl (C=O) groups excluding carboxylic acids is 1. The Bertz CT molecular complexity index is 791. The SMILES string of the molecule is Cc1cc(C[C@@H]2CN(CC(=O)N3CCOc4ccccc43)C[C@@H]2O)n[nH]1. The third kappa shape index (κ3) is 3.45. The molecule has 2 aliphatic heterocycles. The quantitative estimate of drug-likeness (QED) is 0.853. The van der Waals surface area contributed by atoms with Crippen LogP contribution < -0.4 is 9.64 Å². The van der Waals surface area contributed by atoms with E-state index in [-0.39, 0.29) is 11.8 Å². The van der Waals surface area contributed by atoms with Gasteiger partial charge >= 0.3 is 0 Å². The molecular weight excluding hydrogens is 332 g/mol. The number of ether oxygens (including phenoxy) is 1. The molecule has 138 valence electrons. The van der Waals surface area contributed by atoms with E-state index < -0.39 is 6.10 Å². The van der Waals surface area contributed by atoms with E-state index in [2.05, 4.69) is 10.2 Å². The van der Waals surface area contributed by atoms with Gasteiger partial charge in [-0.1, -0.05) is 12.1 Å². The van der Waals surface area contributed by atoms with Gasteiger partial charge in [0.15, 0.2) is 0 Å². The van der Waals surface area contributed by atoms with Crippen LogP contribution in [-0.2, 0) is 11.2 Å². The van der Waals surface area contributed by atoms with E-state index in [0.717, 1.165) is 29.2 Å². The molecule has 2 N–H and O–H groups in total. The van der Waals surface area contributed by atoms with Crippen LogP contribution in [0, 0.1) is 12.8 Å². The molecule has 2 atom stereocenters. The monoisotopic (exact) mass is 356 g/mol. The van der Waals surface area contributed by atoms with Crippen LogP contribution in [0.4, 0.5) is 5.69 Å². The Kier molecular flexibility index (Phi) is 4.65. The van der Waals surface area contributed by atoms with Gasteiger partial charge in [0.1, 0.15) is 12.4 Å². The molecular formula is C19H24N4O3. The van der Waals surface area contributed by atoms with Crippen LogP contribution >= 0.6 is 0 Å². The second-order valence-electron chi connectivity index (χ2n) is 7.13. The number of benzene rings is 1. The summed E-state index contributed by atoms with van der Waals surface area (Å²) in [5.41, 5.74) is 2.80. The van der Waals surface area contributed by atoms with Crippen LogP contribution in [0.25, 0.3) is 0 Å². The van der Waals surface area contributed by atoms with E-state index in [4.69, 9.17) is 4.74 Å². The minimum Gasteiger partial charge on any atom is -0.490 e. The van der Waals surface area contributed by atoms with Crippen LogP contribution in [0.5, 0.6) is 5.75 Å². The smallest absolute Gasteiger partial charge is 0.241 e. The van der Waals surface area contributed by atoms with Gasteiger partial charge in [0, 0.05) is 24.7 Å². The highest BCUT2D eigenvalue weighted by molar-refractivity contribution is 5.96. The molecule has 0 spiro atoms. The van der Waals surface area contributed by atoms with Gasteiger partial charge in [-0.05, 0) is 31.5 Å². The number of amides is 1. The lowest BCUT2D eigenvalue weighted by molar-refractivity contribution is -0.119. The van der Waals surface area contributed by atoms with E-state index in [1.807, 2.05) is 42.2 Å². The van der Waals surface area contributed by atoms with E-state index in [9.17, 15) is 9.90 Å². The number of hydrogen-bond donors (Lipinski definition) is 2. The summed E-state index contributed by atoms with van der Waals surface area (Å²) in [5.74, 6) is 0.895. The summed E-state index contributed by atoms with van der Waals surface area (Å²) >= 11 is 0. The number of nitrogens with one attached hydrogen (secondary N) is 1. The molecule has 1 saturated heterocycles. The van der Waals surface area contributed by atoms with E-state index in [0.29, 0.717) is 32.8 Å². The predicted molar refractivity (Wildman–Crippen MR) is 97.3 cm³/mol. The average Bonchev–Trinajstić information content (AvgIpc) is 3.20. The van der Waals surface area contributed by atoms with Gasteiger partial charge in [-0.25, -0.2) is 0 Å². The predicted octanol–water partition coefficient (Wildman–Crippen LogP) is 0.979. The fraction of sp³-hybridized carbons (Fsp3) is 0.474. The molecule has 1 amide bonds. The molecule has 2 aliphatic rings. The lowest BCUT2D eigenvalue weighted by atomic mass is 10.0. The summed E-state index contributed by atoms with van der Waals surface area (Å²) in [6.07, 6.45) is 0.285. The number of aliphatic hydroxyl groups excluding tert-OH is 1. The Morgan fingerprint density at radius 3 is 3.04 bits per heavy atom. The van der Waals surface area contributed by atoms with Gasteiger partial charge in [0.25, 0.3) is 0 Å². The number of aryl methyl sites for hydroxylation is 1. The molecule has 2 aromatic rings. The number of carbonyl (C=O) groups is 1. The summed E-state index contributed by atoms with van der Waals surface area (Å²) < 4.78 is 5.62. The normalized spacial score (nSPS) is 22.9.